The lowest BCUT2D eigenvalue weighted by atomic mass is 10.3. The molecule has 0 heterocycles. The highest BCUT2D eigenvalue weighted by molar-refractivity contribution is 9.10. The third kappa shape index (κ3) is 5.05. The van der Waals surface area contributed by atoms with Gasteiger partial charge in [-0.25, -0.2) is 0 Å². The second-order valence-corrected chi connectivity index (χ2v) is 8.93. The molecule has 1 nitrogen and oxygen atoms in total. The van der Waals surface area contributed by atoms with Gasteiger partial charge in [-0.1, -0.05) is 12.1 Å². The Balaban J connectivity index is 0.00000144. The van der Waals surface area contributed by atoms with E-state index in [1.54, 1.807) is 0 Å². The first-order valence-corrected chi connectivity index (χ1v) is 8.13. The number of hydrogen-bond acceptors (Lipinski definition) is 1. The zero-order valence-electron chi connectivity index (χ0n) is 7.60. The van der Waals surface area contributed by atoms with Crippen molar-refractivity contribution in [1.82, 2.24) is 0 Å². The zero-order chi connectivity index (χ0) is 9.19. The van der Waals surface area contributed by atoms with Crippen molar-refractivity contribution in [3.63, 3.8) is 0 Å². The Morgan fingerprint density at radius 3 is 2.15 bits per heavy atom. The number of halogens is 1. The standard InChI is InChI=1S/C9H13BrOSi.Mg.2H/c1-12(2,3)11-9-7-5-4-6-8(9)10;;;/h4-7H,1-3H3;;;. The Hall–Kier alpha value is 0.483. The van der Waals surface area contributed by atoms with E-state index in [2.05, 4.69) is 35.6 Å². The molecule has 0 aliphatic heterocycles. The van der Waals surface area contributed by atoms with Crippen molar-refractivity contribution in [3.8, 4) is 5.75 Å². The van der Waals surface area contributed by atoms with Crippen molar-refractivity contribution in [2.75, 3.05) is 0 Å². The maximum Gasteiger partial charge on any atom is 0.316 e. The molecule has 0 atom stereocenters. The molecule has 0 unspecified atom stereocenters. The van der Waals surface area contributed by atoms with E-state index in [0.29, 0.717) is 0 Å². The van der Waals surface area contributed by atoms with Gasteiger partial charge in [0.1, 0.15) is 5.75 Å². The van der Waals surface area contributed by atoms with Gasteiger partial charge >= 0.3 is 23.1 Å². The SMILES string of the molecule is C[Si](C)(C)Oc1ccccc1Br.[MgH2]. The molecule has 1 aromatic carbocycles. The van der Waals surface area contributed by atoms with Crippen LogP contribution in [0.2, 0.25) is 19.6 Å². The minimum atomic E-state index is -1.46. The molecule has 0 aliphatic rings. The van der Waals surface area contributed by atoms with Crippen molar-refractivity contribution < 1.29 is 4.43 Å². The largest absolute Gasteiger partial charge is 0.544 e. The average Bonchev–Trinajstić information content (AvgIpc) is 1.91. The Bertz CT molecular complexity index is 273. The summed E-state index contributed by atoms with van der Waals surface area (Å²) in [6.45, 7) is 6.52. The maximum atomic E-state index is 5.82. The predicted molar refractivity (Wildman–Crippen MR) is 66.7 cm³/mol. The summed E-state index contributed by atoms with van der Waals surface area (Å²) >= 11 is 3.45. The fraction of sp³-hybridized carbons (Fsp3) is 0.333. The molecular weight excluding hydrogens is 256 g/mol. The van der Waals surface area contributed by atoms with Crippen LogP contribution in [-0.4, -0.2) is 31.4 Å². The molecule has 13 heavy (non-hydrogen) atoms. The van der Waals surface area contributed by atoms with Gasteiger partial charge in [-0.3, -0.25) is 0 Å². The third-order valence-electron chi connectivity index (χ3n) is 1.25. The molecule has 0 saturated carbocycles. The van der Waals surface area contributed by atoms with Crippen LogP contribution in [0.4, 0.5) is 0 Å². The van der Waals surface area contributed by atoms with Crippen LogP contribution in [0.3, 0.4) is 0 Å². The molecular formula is C9H15BrMgOSi. The Morgan fingerprint density at radius 1 is 1.15 bits per heavy atom. The van der Waals surface area contributed by atoms with E-state index < -0.39 is 8.32 Å². The Kier molecular flexibility index (Phi) is 5.59. The van der Waals surface area contributed by atoms with Crippen molar-refractivity contribution in [2.45, 2.75) is 19.6 Å². The highest BCUT2D eigenvalue weighted by Crippen LogP contribution is 2.26. The minimum absolute atomic E-state index is 0. The lowest BCUT2D eigenvalue weighted by Gasteiger charge is -2.19. The van der Waals surface area contributed by atoms with Crippen LogP contribution in [0.5, 0.6) is 5.75 Å². The number of para-hydroxylation sites is 1. The number of hydrogen-bond donors (Lipinski definition) is 0. The molecule has 0 fully saturated rings. The van der Waals surface area contributed by atoms with Gasteiger partial charge in [0.2, 0.25) is 8.32 Å². The van der Waals surface area contributed by atoms with E-state index in [9.17, 15) is 0 Å². The van der Waals surface area contributed by atoms with Gasteiger partial charge in [0.05, 0.1) is 4.47 Å². The minimum Gasteiger partial charge on any atom is -0.544 e. The van der Waals surface area contributed by atoms with Crippen molar-refractivity contribution in [1.29, 1.82) is 0 Å². The fourth-order valence-electron chi connectivity index (χ4n) is 0.857. The van der Waals surface area contributed by atoms with Gasteiger partial charge in [-0.05, 0) is 47.7 Å². The molecule has 1 rings (SSSR count). The van der Waals surface area contributed by atoms with Crippen molar-refractivity contribution in [2.24, 2.45) is 0 Å². The van der Waals surface area contributed by atoms with Gasteiger partial charge in [0.15, 0.2) is 0 Å². The van der Waals surface area contributed by atoms with Gasteiger partial charge in [0.25, 0.3) is 0 Å². The summed E-state index contributed by atoms with van der Waals surface area (Å²) in [6, 6.07) is 7.96. The van der Waals surface area contributed by atoms with E-state index in [4.69, 9.17) is 4.43 Å². The molecule has 0 radical (unpaired) electrons. The van der Waals surface area contributed by atoms with E-state index >= 15 is 0 Å². The molecule has 0 saturated heterocycles. The highest BCUT2D eigenvalue weighted by atomic mass is 79.9. The first-order valence-electron chi connectivity index (χ1n) is 3.92. The topological polar surface area (TPSA) is 9.23 Å². The zero-order valence-corrected chi connectivity index (χ0v) is 10.2. The first-order chi connectivity index (χ1) is 5.49. The monoisotopic (exact) mass is 270 g/mol. The number of benzene rings is 1. The summed E-state index contributed by atoms with van der Waals surface area (Å²) in [5.41, 5.74) is 0. The second-order valence-electron chi connectivity index (χ2n) is 3.64. The van der Waals surface area contributed by atoms with E-state index in [1.807, 2.05) is 24.3 Å². The molecule has 0 aliphatic carbocycles. The summed E-state index contributed by atoms with van der Waals surface area (Å²) < 4.78 is 6.86. The molecule has 0 spiro atoms. The Morgan fingerprint density at radius 2 is 1.69 bits per heavy atom. The molecule has 0 aromatic heterocycles. The van der Waals surface area contributed by atoms with E-state index in [0.717, 1.165) is 10.2 Å². The second kappa shape index (κ2) is 5.39. The molecule has 1 aromatic rings. The quantitative estimate of drug-likeness (QED) is 0.752. The highest BCUT2D eigenvalue weighted by Gasteiger charge is 2.16. The predicted octanol–water partition coefficient (Wildman–Crippen LogP) is 2.75. The van der Waals surface area contributed by atoms with Crippen LogP contribution in [-0.2, 0) is 0 Å². The number of rotatable bonds is 2. The van der Waals surface area contributed by atoms with Crippen molar-refractivity contribution in [3.05, 3.63) is 28.7 Å². The van der Waals surface area contributed by atoms with Crippen LogP contribution in [0.25, 0.3) is 0 Å². The normalized spacial score (nSPS) is 10.5. The van der Waals surface area contributed by atoms with Crippen LogP contribution >= 0.6 is 15.9 Å². The van der Waals surface area contributed by atoms with Crippen molar-refractivity contribution >= 4 is 47.3 Å². The first kappa shape index (κ1) is 13.5. The summed E-state index contributed by atoms with van der Waals surface area (Å²) in [5, 5.41) is 0. The third-order valence-corrected chi connectivity index (χ3v) is 2.74. The van der Waals surface area contributed by atoms with Gasteiger partial charge in [-0.15, -0.1) is 0 Å². The summed E-state index contributed by atoms with van der Waals surface area (Å²) in [4.78, 5) is 0. The smallest absolute Gasteiger partial charge is 0.316 e. The van der Waals surface area contributed by atoms with Crippen LogP contribution < -0.4 is 4.43 Å². The van der Waals surface area contributed by atoms with Crippen LogP contribution in [0.1, 0.15) is 0 Å². The summed E-state index contributed by atoms with van der Waals surface area (Å²) in [7, 11) is -1.46. The van der Waals surface area contributed by atoms with E-state index in [1.165, 1.54) is 0 Å². The molecule has 4 heteroatoms. The van der Waals surface area contributed by atoms with Gasteiger partial charge < -0.3 is 4.43 Å². The molecule has 70 valence electrons. The van der Waals surface area contributed by atoms with E-state index in [-0.39, 0.29) is 23.1 Å². The lowest BCUT2D eigenvalue weighted by molar-refractivity contribution is 0.554. The van der Waals surface area contributed by atoms with Crippen LogP contribution in [0, 0.1) is 0 Å². The van der Waals surface area contributed by atoms with Gasteiger partial charge in [0, 0.05) is 0 Å². The Labute approximate surface area is 105 Å². The fourth-order valence-corrected chi connectivity index (χ4v) is 2.21. The molecule has 0 bridgehead atoms. The molecule has 0 amide bonds. The summed E-state index contributed by atoms with van der Waals surface area (Å²) in [5.74, 6) is 0.955. The molecule has 0 N–H and O–H groups in total. The average molecular weight is 272 g/mol. The lowest BCUT2D eigenvalue weighted by Crippen LogP contribution is -2.29. The maximum absolute atomic E-state index is 5.82. The van der Waals surface area contributed by atoms with Gasteiger partial charge in [-0.2, -0.15) is 0 Å². The van der Waals surface area contributed by atoms with Crippen LogP contribution in [0.15, 0.2) is 28.7 Å². The summed E-state index contributed by atoms with van der Waals surface area (Å²) in [6.07, 6.45) is 0.